The highest BCUT2D eigenvalue weighted by Gasteiger charge is 2.37. The van der Waals surface area contributed by atoms with Gasteiger partial charge in [0.1, 0.15) is 18.1 Å². The Bertz CT molecular complexity index is 1250. The summed E-state index contributed by atoms with van der Waals surface area (Å²) in [6.45, 7) is 8.10. The van der Waals surface area contributed by atoms with Crippen LogP contribution in [0.1, 0.15) is 39.3 Å². The molecule has 1 fully saturated rings. The Hall–Kier alpha value is -3.40. The summed E-state index contributed by atoms with van der Waals surface area (Å²) in [4.78, 5) is 43.4. The molecule has 1 saturated heterocycles. The van der Waals surface area contributed by atoms with Gasteiger partial charge in [0.2, 0.25) is 5.91 Å². The maximum absolute atomic E-state index is 12.8. The Morgan fingerprint density at radius 2 is 2.00 bits per heavy atom. The molecule has 0 unspecified atom stereocenters. The summed E-state index contributed by atoms with van der Waals surface area (Å²) in [5.74, 6) is 0.365. The van der Waals surface area contributed by atoms with Crippen molar-refractivity contribution in [2.45, 2.75) is 39.7 Å². The van der Waals surface area contributed by atoms with Gasteiger partial charge in [-0.15, -0.1) is 0 Å². The lowest BCUT2D eigenvalue weighted by atomic mass is 9.93. The highest BCUT2D eigenvalue weighted by molar-refractivity contribution is 8.18. The van der Waals surface area contributed by atoms with Crippen LogP contribution in [0.15, 0.2) is 39.8 Å². The summed E-state index contributed by atoms with van der Waals surface area (Å²) in [7, 11) is 0. The van der Waals surface area contributed by atoms with Crippen LogP contribution in [0.3, 0.4) is 0 Å². The number of nitrogens with zero attached hydrogens (tertiary/aromatic N) is 4. The van der Waals surface area contributed by atoms with Crippen LogP contribution in [0, 0.1) is 0 Å². The number of amides is 3. The molecule has 0 spiro atoms. The Morgan fingerprint density at radius 3 is 2.69 bits per heavy atom. The van der Waals surface area contributed by atoms with Crippen molar-refractivity contribution in [3.8, 4) is 0 Å². The molecule has 3 aromatic rings. The van der Waals surface area contributed by atoms with Crippen LogP contribution in [-0.4, -0.2) is 43.2 Å². The number of hydrogen-bond acceptors (Lipinski definition) is 7. The SMILES string of the molecule is CCn1c(/C=C2\SC(=O)N(CC(=O)Nc3cc(C(C)(C)C)on3)C2=O)nc2ccccc21. The largest absolute Gasteiger partial charge is 0.359 e. The first kappa shape index (κ1) is 21.8. The lowest BCUT2D eigenvalue weighted by Crippen LogP contribution is -2.36. The minimum absolute atomic E-state index is 0.226. The first-order valence-corrected chi connectivity index (χ1v) is 11.0. The first-order valence-electron chi connectivity index (χ1n) is 10.1. The predicted octanol–water partition coefficient (Wildman–Crippen LogP) is 4.02. The smallest absolute Gasteiger partial charge is 0.294 e. The molecule has 3 amide bonds. The molecule has 4 rings (SSSR count). The van der Waals surface area contributed by atoms with Crippen molar-refractivity contribution in [3.05, 3.63) is 46.8 Å². The van der Waals surface area contributed by atoms with Gasteiger partial charge in [-0.1, -0.05) is 38.1 Å². The number of thioether (sulfide) groups is 1. The third-order valence-electron chi connectivity index (χ3n) is 4.95. The van der Waals surface area contributed by atoms with Crippen molar-refractivity contribution >= 4 is 51.7 Å². The van der Waals surface area contributed by atoms with Crippen LogP contribution in [0.4, 0.5) is 10.6 Å². The molecule has 0 radical (unpaired) electrons. The Balaban J connectivity index is 1.49. The van der Waals surface area contributed by atoms with Crippen LogP contribution in [0.5, 0.6) is 0 Å². The van der Waals surface area contributed by atoms with Gasteiger partial charge in [-0.25, -0.2) is 4.98 Å². The van der Waals surface area contributed by atoms with E-state index in [4.69, 9.17) is 4.52 Å². The van der Waals surface area contributed by atoms with E-state index in [-0.39, 0.29) is 16.1 Å². The van der Waals surface area contributed by atoms with Gasteiger partial charge in [0.25, 0.3) is 11.1 Å². The standard InChI is InChI=1S/C22H23N5O4S/c1-5-26-14-9-7-6-8-13(14)23-18(26)10-15-20(29)27(21(30)32-15)12-19(28)24-17-11-16(31-25-17)22(2,3)4/h6-11H,5,12H2,1-4H3,(H,24,25,28)/b15-10-. The van der Waals surface area contributed by atoms with E-state index in [1.807, 2.05) is 56.5 Å². The third kappa shape index (κ3) is 4.18. The molecule has 1 aliphatic rings. The highest BCUT2D eigenvalue weighted by Crippen LogP contribution is 2.32. The zero-order valence-electron chi connectivity index (χ0n) is 18.2. The van der Waals surface area contributed by atoms with Crippen molar-refractivity contribution in [2.75, 3.05) is 11.9 Å². The summed E-state index contributed by atoms with van der Waals surface area (Å²) in [6.07, 6.45) is 1.60. The summed E-state index contributed by atoms with van der Waals surface area (Å²) in [5.41, 5.74) is 1.49. The molecule has 0 saturated carbocycles. The number of para-hydroxylation sites is 2. The van der Waals surface area contributed by atoms with E-state index in [9.17, 15) is 14.4 Å². The summed E-state index contributed by atoms with van der Waals surface area (Å²) < 4.78 is 7.20. The number of imidazole rings is 1. The van der Waals surface area contributed by atoms with E-state index in [0.29, 0.717) is 18.1 Å². The second-order valence-corrected chi connectivity index (χ2v) is 9.34. The Morgan fingerprint density at radius 1 is 1.25 bits per heavy atom. The van der Waals surface area contributed by atoms with Crippen LogP contribution in [0.2, 0.25) is 0 Å². The second kappa shape index (κ2) is 8.27. The molecule has 32 heavy (non-hydrogen) atoms. The minimum Gasteiger partial charge on any atom is -0.359 e. The molecule has 1 aromatic carbocycles. The predicted molar refractivity (Wildman–Crippen MR) is 122 cm³/mol. The molecule has 1 aliphatic heterocycles. The third-order valence-corrected chi connectivity index (χ3v) is 5.86. The average Bonchev–Trinajstić information content (AvgIpc) is 3.40. The van der Waals surface area contributed by atoms with Gasteiger partial charge < -0.3 is 14.4 Å². The van der Waals surface area contributed by atoms with E-state index in [1.165, 1.54) is 0 Å². The number of carbonyl (C=O) groups is 3. The fraction of sp³-hybridized carbons (Fsp3) is 0.318. The van der Waals surface area contributed by atoms with Crippen LogP contribution in [-0.2, 0) is 21.5 Å². The zero-order chi connectivity index (χ0) is 23.0. The zero-order valence-corrected chi connectivity index (χ0v) is 19.0. The van der Waals surface area contributed by atoms with Gasteiger partial charge in [-0.05, 0) is 30.8 Å². The molecule has 0 atom stereocenters. The normalized spacial score (nSPS) is 15.9. The van der Waals surface area contributed by atoms with E-state index in [2.05, 4.69) is 15.5 Å². The van der Waals surface area contributed by atoms with E-state index < -0.39 is 23.6 Å². The van der Waals surface area contributed by atoms with Crippen LogP contribution < -0.4 is 5.32 Å². The molecule has 0 aliphatic carbocycles. The highest BCUT2D eigenvalue weighted by atomic mass is 32.2. The van der Waals surface area contributed by atoms with Crippen molar-refractivity contribution in [1.29, 1.82) is 0 Å². The number of aromatic nitrogens is 3. The summed E-state index contributed by atoms with van der Waals surface area (Å²) >= 11 is 0.793. The number of fused-ring (bicyclic) bond motifs is 1. The first-order chi connectivity index (χ1) is 15.2. The molecular weight excluding hydrogens is 430 g/mol. The van der Waals surface area contributed by atoms with Gasteiger partial charge in [-0.2, -0.15) is 0 Å². The number of hydrogen-bond donors (Lipinski definition) is 1. The van der Waals surface area contributed by atoms with Crippen molar-refractivity contribution < 1.29 is 18.9 Å². The minimum atomic E-state index is -0.539. The molecule has 0 bridgehead atoms. The van der Waals surface area contributed by atoms with Crippen molar-refractivity contribution in [1.82, 2.24) is 19.6 Å². The maximum atomic E-state index is 12.8. The topological polar surface area (TPSA) is 110 Å². The molecule has 1 N–H and O–H groups in total. The summed E-state index contributed by atoms with van der Waals surface area (Å²) in [6, 6.07) is 9.29. The van der Waals surface area contributed by atoms with Gasteiger partial charge in [0, 0.05) is 24.1 Å². The van der Waals surface area contributed by atoms with Gasteiger partial charge in [-0.3, -0.25) is 19.3 Å². The number of imide groups is 1. The van der Waals surface area contributed by atoms with Crippen LogP contribution in [0.25, 0.3) is 17.1 Å². The van der Waals surface area contributed by atoms with Crippen molar-refractivity contribution in [3.63, 3.8) is 0 Å². The number of aryl methyl sites for hydroxylation is 1. The second-order valence-electron chi connectivity index (χ2n) is 8.35. The van der Waals surface area contributed by atoms with Crippen molar-refractivity contribution in [2.24, 2.45) is 0 Å². The quantitative estimate of drug-likeness (QED) is 0.581. The van der Waals surface area contributed by atoms with E-state index in [0.717, 1.165) is 27.7 Å². The number of nitrogens with one attached hydrogen (secondary N) is 1. The number of rotatable bonds is 5. The lowest BCUT2D eigenvalue weighted by molar-refractivity contribution is -0.127. The van der Waals surface area contributed by atoms with E-state index >= 15 is 0 Å². The molecule has 2 aromatic heterocycles. The fourth-order valence-corrected chi connectivity index (χ4v) is 4.11. The Kier molecular flexibility index (Phi) is 5.64. The number of benzene rings is 1. The molecule has 9 nitrogen and oxygen atoms in total. The Labute approximate surface area is 188 Å². The lowest BCUT2D eigenvalue weighted by Gasteiger charge is -2.12. The molecule has 166 valence electrons. The van der Waals surface area contributed by atoms with Gasteiger partial charge in [0.15, 0.2) is 5.82 Å². The molecule has 10 heteroatoms. The fourth-order valence-electron chi connectivity index (χ4n) is 3.30. The van der Waals surface area contributed by atoms with Gasteiger partial charge in [0.05, 0.1) is 15.9 Å². The number of carbonyl (C=O) groups excluding carboxylic acids is 3. The van der Waals surface area contributed by atoms with Gasteiger partial charge >= 0.3 is 0 Å². The molecular formula is C22H23N5O4S. The van der Waals surface area contributed by atoms with E-state index in [1.54, 1.807) is 12.1 Å². The monoisotopic (exact) mass is 453 g/mol. The molecule has 3 heterocycles. The van der Waals surface area contributed by atoms with Crippen LogP contribution >= 0.6 is 11.8 Å². The summed E-state index contributed by atoms with van der Waals surface area (Å²) in [5, 5.41) is 5.88. The number of anilines is 1. The maximum Gasteiger partial charge on any atom is 0.294 e. The average molecular weight is 454 g/mol.